The van der Waals surface area contributed by atoms with E-state index in [1.165, 1.54) is 15.8 Å². The number of anilines is 1. The summed E-state index contributed by atoms with van der Waals surface area (Å²) in [6.45, 7) is 4.39. The van der Waals surface area contributed by atoms with Gasteiger partial charge in [0.15, 0.2) is 0 Å². The van der Waals surface area contributed by atoms with Gasteiger partial charge in [-0.15, -0.1) is 0 Å². The summed E-state index contributed by atoms with van der Waals surface area (Å²) >= 11 is 0. The number of amides is 2. The van der Waals surface area contributed by atoms with Crippen LogP contribution in [0, 0.1) is 11.8 Å². The molecule has 0 unspecified atom stereocenters. The maximum atomic E-state index is 13.9. The van der Waals surface area contributed by atoms with Crippen LogP contribution in [0.4, 0.5) is 5.69 Å². The van der Waals surface area contributed by atoms with Crippen LogP contribution in [0.1, 0.15) is 69.0 Å². The molecule has 0 radical (unpaired) electrons. The van der Waals surface area contributed by atoms with E-state index in [2.05, 4.69) is 37.0 Å². The van der Waals surface area contributed by atoms with Crippen molar-refractivity contribution in [1.29, 1.82) is 0 Å². The molecule has 1 N–H and O–H groups in total. The number of para-hydroxylation sites is 1. The standard InChI is InChI=1S/C28H32N2O3/c1-4-6-10-20-19(9-5-2)24-25(26-23(20)21-11-7-8-12-22(21)29-26)28(32)30(27(24)31)17-13-15-18(33-3)16-14-17/h7-8,11-16,19-20,24-25,29H,4-6,9-10H2,1-3H3/t19-,20+,24-,25+/m1/s1. The summed E-state index contributed by atoms with van der Waals surface area (Å²) in [6.07, 6.45) is 5.23. The highest BCUT2D eigenvalue weighted by Gasteiger charge is 2.57. The Morgan fingerprint density at radius 2 is 1.70 bits per heavy atom. The Kier molecular flexibility index (Phi) is 5.73. The van der Waals surface area contributed by atoms with E-state index in [1.54, 1.807) is 19.2 Å². The van der Waals surface area contributed by atoms with Gasteiger partial charge >= 0.3 is 0 Å². The van der Waals surface area contributed by atoms with Crippen LogP contribution in [0.2, 0.25) is 0 Å². The Morgan fingerprint density at radius 3 is 2.39 bits per heavy atom. The summed E-state index contributed by atoms with van der Waals surface area (Å²) in [5.74, 6) is 0.218. The highest BCUT2D eigenvalue weighted by Crippen LogP contribution is 2.56. The van der Waals surface area contributed by atoms with Crippen molar-refractivity contribution >= 4 is 28.4 Å². The van der Waals surface area contributed by atoms with Gasteiger partial charge in [0.05, 0.1) is 24.6 Å². The number of ether oxygens (including phenoxy) is 1. The van der Waals surface area contributed by atoms with E-state index >= 15 is 0 Å². The molecule has 1 saturated heterocycles. The van der Waals surface area contributed by atoms with E-state index in [0.717, 1.165) is 43.3 Å². The molecule has 2 aromatic carbocycles. The zero-order valence-corrected chi connectivity index (χ0v) is 19.6. The minimum Gasteiger partial charge on any atom is -0.497 e. The van der Waals surface area contributed by atoms with Gasteiger partial charge in [-0.05, 0) is 60.6 Å². The Balaban J connectivity index is 1.67. The topological polar surface area (TPSA) is 62.4 Å². The molecule has 172 valence electrons. The minimum absolute atomic E-state index is 0.0561. The van der Waals surface area contributed by atoms with Gasteiger partial charge in [0.2, 0.25) is 11.8 Å². The van der Waals surface area contributed by atoms with Gasteiger partial charge in [-0.1, -0.05) is 51.3 Å². The largest absolute Gasteiger partial charge is 0.497 e. The van der Waals surface area contributed by atoms with Crippen LogP contribution < -0.4 is 9.64 Å². The first-order chi connectivity index (χ1) is 16.1. The van der Waals surface area contributed by atoms with E-state index in [4.69, 9.17) is 4.74 Å². The van der Waals surface area contributed by atoms with Crippen molar-refractivity contribution in [1.82, 2.24) is 4.98 Å². The van der Waals surface area contributed by atoms with E-state index in [0.29, 0.717) is 11.4 Å². The average Bonchev–Trinajstić information content (AvgIpc) is 3.34. The molecule has 0 saturated carbocycles. The lowest BCUT2D eigenvalue weighted by molar-refractivity contribution is -0.123. The summed E-state index contributed by atoms with van der Waals surface area (Å²) in [4.78, 5) is 32.8. The highest BCUT2D eigenvalue weighted by atomic mass is 16.5. The molecule has 2 heterocycles. The molecule has 2 aliphatic rings. The van der Waals surface area contributed by atoms with Crippen LogP contribution >= 0.6 is 0 Å². The van der Waals surface area contributed by atoms with Crippen LogP contribution in [-0.4, -0.2) is 23.9 Å². The van der Waals surface area contributed by atoms with Gasteiger partial charge in [-0.25, -0.2) is 4.90 Å². The number of aromatic amines is 1. The molecule has 5 nitrogen and oxygen atoms in total. The number of fused-ring (bicyclic) bond motifs is 5. The molecule has 5 heteroatoms. The van der Waals surface area contributed by atoms with Crippen LogP contribution in [-0.2, 0) is 9.59 Å². The van der Waals surface area contributed by atoms with Crippen molar-refractivity contribution < 1.29 is 14.3 Å². The predicted octanol–water partition coefficient (Wildman–Crippen LogP) is 6.15. The predicted molar refractivity (Wildman–Crippen MR) is 131 cm³/mol. The Morgan fingerprint density at radius 1 is 0.939 bits per heavy atom. The molecular weight excluding hydrogens is 412 g/mol. The summed E-state index contributed by atoms with van der Waals surface area (Å²) < 4.78 is 5.27. The molecule has 1 aliphatic heterocycles. The SMILES string of the molecule is CCCC[C@@H]1c2c([nH]c3ccccc23)[C@H]2C(=O)N(c3ccc(OC)cc3)C(=O)[C@@H]2[C@@H]1CCC. The summed E-state index contributed by atoms with van der Waals surface area (Å²) in [7, 11) is 1.61. The Hall–Kier alpha value is -3.08. The van der Waals surface area contributed by atoms with E-state index in [9.17, 15) is 9.59 Å². The van der Waals surface area contributed by atoms with Gasteiger partial charge in [0.1, 0.15) is 5.75 Å². The number of imide groups is 1. The van der Waals surface area contributed by atoms with E-state index in [1.807, 2.05) is 18.2 Å². The lowest BCUT2D eigenvalue weighted by Gasteiger charge is -2.38. The first-order valence-electron chi connectivity index (χ1n) is 12.2. The zero-order valence-electron chi connectivity index (χ0n) is 19.6. The number of rotatable bonds is 7. The number of hydrogen-bond acceptors (Lipinski definition) is 3. The third-order valence-corrected chi connectivity index (χ3v) is 7.61. The number of methoxy groups -OCH3 is 1. The molecule has 33 heavy (non-hydrogen) atoms. The monoisotopic (exact) mass is 444 g/mol. The molecule has 0 spiro atoms. The fourth-order valence-corrected chi connectivity index (χ4v) is 6.20. The van der Waals surface area contributed by atoms with Gasteiger partial charge in [0, 0.05) is 16.6 Å². The van der Waals surface area contributed by atoms with Crippen molar-refractivity contribution in [3.8, 4) is 5.75 Å². The van der Waals surface area contributed by atoms with Crippen LogP contribution in [0.15, 0.2) is 48.5 Å². The lowest BCUT2D eigenvalue weighted by Crippen LogP contribution is -2.36. The van der Waals surface area contributed by atoms with Crippen molar-refractivity contribution in [3.05, 3.63) is 59.8 Å². The third-order valence-electron chi connectivity index (χ3n) is 7.61. The van der Waals surface area contributed by atoms with Crippen molar-refractivity contribution in [2.24, 2.45) is 11.8 Å². The molecule has 2 amide bonds. The maximum absolute atomic E-state index is 13.9. The van der Waals surface area contributed by atoms with Gasteiger partial charge in [-0.2, -0.15) is 0 Å². The van der Waals surface area contributed by atoms with Crippen LogP contribution in [0.5, 0.6) is 5.75 Å². The van der Waals surface area contributed by atoms with E-state index in [-0.39, 0.29) is 29.6 Å². The normalized spacial score (nSPS) is 24.3. The molecule has 0 bridgehead atoms. The number of hydrogen-bond donors (Lipinski definition) is 1. The first-order valence-corrected chi connectivity index (χ1v) is 12.2. The summed E-state index contributed by atoms with van der Waals surface area (Å²) in [6, 6.07) is 15.6. The summed E-state index contributed by atoms with van der Waals surface area (Å²) in [5, 5.41) is 1.20. The van der Waals surface area contributed by atoms with Gasteiger partial charge < -0.3 is 9.72 Å². The molecule has 5 rings (SSSR count). The number of benzene rings is 2. The maximum Gasteiger partial charge on any atom is 0.243 e. The fraction of sp³-hybridized carbons (Fsp3) is 0.429. The molecule has 1 aliphatic carbocycles. The molecular formula is C28H32N2O3. The van der Waals surface area contributed by atoms with Gasteiger partial charge in [-0.3, -0.25) is 9.59 Å². The average molecular weight is 445 g/mol. The molecule has 3 aromatic rings. The third kappa shape index (κ3) is 3.36. The number of unbranched alkanes of at least 4 members (excludes halogenated alkanes) is 1. The second-order valence-electron chi connectivity index (χ2n) is 9.41. The van der Waals surface area contributed by atoms with Crippen LogP contribution in [0.25, 0.3) is 10.9 Å². The number of carbonyl (C=O) groups excluding carboxylic acids is 2. The zero-order chi connectivity index (χ0) is 23.1. The number of carbonyl (C=O) groups is 2. The Labute approximate surface area is 195 Å². The fourth-order valence-electron chi connectivity index (χ4n) is 6.20. The second kappa shape index (κ2) is 8.69. The number of nitrogens with zero attached hydrogens (tertiary/aromatic N) is 1. The van der Waals surface area contributed by atoms with Gasteiger partial charge in [0.25, 0.3) is 0 Å². The van der Waals surface area contributed by atoms with Crippen molar-refractivity contribution in [2.75, 3.05) is 12.0 Å². The van der Waals surface area contributed by atoms with Crippen LogP contribution in [0.3, 0.4) is 0 Å². The van der Waals surface area contributed by atoms with E-state index < -0.39 is 5.92 Å². The molecule has 1 aromatic heterocycles. The molecule has 4 atom stereocenters. The van der Waals surface area contributed by atoms with Crippen molar-refractivity contribution in [2.45, 2.75) is 57.8 Å². The highest BCUT2D eigenvalue weighted by molar-refractivity contribution is 6.24. The smallest absolute Gasteiger partial charge is 0.243 e. The number of H-pyrrole nitrogens is 1. The number of nitrogens with one attached hydrogen (secondary N) is 1. The Bertz CT molecular complexity index is 1180. The number of aromatic nitrogens is 1. The quantitative estimate of drug-likeness (QED) is 0.444. The second-order valence-corrected chi connectivity index (χ2v) is 9.41. The lowest BCUT2D eigenvalue weighted by atomic mass is 9.63. The summed E-state index contributed by atoms with van der Waals surface area (Å²) in [5.41, 5.74) is 3.92. The molecule has 1 fully saturated rings. The minimum atomic E-state index is -0.448. The van der Waals surface area contributed by atoms with Crippen molar-refractivity contribution in [3.63, 3.8) is 0 Å². The first kappa shape index (κ1) is 21.7.